The molecule has 2 heterocycles. The first kappa shape index (κ1) is 14.3. The molecule has 0 N–H and O–H groups in total. The molecule has 0 saturated carbocycles. The fourth-order valence-electron chi connectivity index (χ4n) is 2.66. The molecule has 0 unspecified atom stereocenters. The molecule has 4 rings (SSSR count). The molecule has 2 aromatic rings. The summed E-state index contributed by atoms with van der Waals surface area (Å²) in [5, 5.41) is 0. The topological polar surface area (TPSA) is 35.5 Å². The number of ketones is 1. The molecule has 0 fully saturated rings. The van der Waals surface area contributed by atoms with Crippen LogP contribution in [-0.4, -0.2) is 24.7 Å². The van der Waals surface area contributed by atoms with E-state index in [4.69, 9.17) is 9.47 Å². The van der Waals surface area contributed by atoms with Crippen LogP contribution < -0.4 is 9.47 Å². The number of hydrogen-bond acceptors (Lipinski definition) is 4. The number of carbonyl (C=O) groups is 1. The summed E-state index contributed by atoms with van der Waals surface area (Å²) in [5.41, 5.74) is 1.97. The lowest BCUT2D eigenvalue weighted by Crippen LogP contribution is -2.15. The summed E-state index contributed by atoms with van der Waals surface area (Å²) in [6, 6.07) is 9.94. The molecule has 23 heavy (non-hydrogen) atoms. The van der Waals surface area contributed by atoms with E-state index < -0.39 is 5.82 Å². The van der Waals surface area contributed by atoms with Crippen molar-refractivity contribution in [1.82, 2.24) is 0 Å². The lowest BCUT2D eigenvalue weighted by Gasteiger charge is -2.19. The summed E-state index contributed by atoms with van der Waals surface area (Å²) in [6.45, 7) is 1.07. The van der Waals surface area contributed by atoms with Gasteiger partial charge < -0.3 is 9.47 Å². The number of hydrogen-bond donors (Lipinski definition) is 0. The standard InChI is InChI=1S/C18H13FO3S/c19-13-2-4-17-14(9-13)18(20)12(10-23-17)7-11-1-3-15-16(8-11)22-6-5-21-15/h1-4,7-9H,5-6,10H2/b12-7-. The van der Waals surface area contributed by atoms with Gasteiger partial charge in [0.05, 0.1) is 0 Å². The molecule has 2 aliphatic rings. The lowest BCUT2D eigenvalue weighted by atomic mass is 10.0. The van der Waals surface area contributed by atoms with Crippen molar-refractivity contribution in [1.29, 1.82) is 0 Å². The van der Waals surface area contributed by atoms with E-state index in [0.29, 0.717) is 35.9 Å². The number of ether oxygens (including phenoxy) is 2. The normalized spacial score (nSPS) is 18.0. The summed E-state index contributed by atoms with van der Waals surface area (Å²) in [5.74, 6) is 1.47. The van der Waals surface area contributed by atoms with Crippen molar-refractivity contribution in [2.75, 3.05) is 19.0 Å². The number of rotatable bonds is 1. The molecule has 0 amide bonds. The van der Waals surface area contributed by atoms with Crippen molar-refractivity contribution >= 4 is 23.6 Å². The van der Waals surface area contributed by atoms with Gasteiger partial charge in [0.25, 0.3) is 0 Å². The Morgan fingerprint density at radius 2 is 1.87 bits per heavy atom. The van der Waals surface area contributed by atoms with Gasteiger partial charge in [-0.3, -0.25) is 4.79 Å². The van der Waals surface area contributed by atoms with Crippen molar-refractivity contribution in [2.45, 2.75) is 4.90 Å². The minimum Gasteiger partial charge on any atom is -0.486 e. The lowest BCUT2D eigenvalue weighted by molar-refractivity contribution is 0.103. The zero-order valence-electron chi connectivity index (χ0n) is 12.2. The average molecular weight is 328 g/mol. The van der Waals surface area contributed by atoms with Gasteiger partial charge in [-0.15, -0.1) is 11.8 Å². The summed E-state index contributed by atoms with van der Waals surface area (Å²) in [7, 11) is 0. The van der Waals surface area contributed by atoms with Crippen molar-refractivity contribution in [2.24, 2.45) is 0 Å². The van der Waals surface area contributed by atoms with Crippen molar-refractivity contribution in [3.63, 3.8) is 0 Å². The Morgan fingerprint density at radius 3 is 2.74 bits per heavy atom. The maximum Gasteiger partial charge on any atom is 0.191 e. The Bertz CT molecular complexity index is 829. The molecule has 0 atom stereocenters. The van der Waals surface area contributed by atoms with E-state index in [1.54, 1.807) is 17.8 Å². The third-order valence-electron chi connectivity index (χ3n) is 3.77. The Balaban J connectivity index is 1.68. The first-order valence-electron chi connectivity index (χ1n) is 7.28. The molecule has 116 valence electrons. The van der Waals surface area contributed by atoms with Gasteiger partial charge >= 0.3 is 0 Å². The van der Waals surface area contributed by atoms with Crippen molar-refractivity contribution in [3.8, 4) is 11.5 Å². The van der Waals surface area contributed by atoms with Gasteiger partial charge in [-0.25, -0.2) is 4.39 Å². The molecular formula is C18H13FO3S. The number of halogens is 1. The zero-order chi connectivity index (χ0) is 15.8. The van der Waals surface area contributed by atoms with Gasteiger partial charge in [-0.1, -0.05) is 6.07 Å². The molecule has 2 aromatic carbocycles. The van der Waals surface area contributed by atoms with Crippen LogP contribution in [0, 0.1) is 5.82 Å². The largest absolute Gasteiger partial charge is 0.486 e. The zero-order valence-corrected chi connectivity index (χ0v) is 13.0. The van der Waals surface area contributed by atoms with E-state index >= 15 is 0 Å². The van der Waals surface area contributed by atoms with E-state index in [2.05, 4.69) is 0 Å². The first-order valence-corrected chi connectivity index (χ1v) is 8.26. The van der Waals surface area contributed by atoms with Crippen LogP contribution in [0.5, 0.6) is 11.5 Å². The maximum atomic E-state index is 13.4. The minimum absolute atomic E-state index is 0.117. The highest BCUT2D eigenvalue weighted by atomic mass is 32.2. The summed E-state index contributed by atoms with van der Waals surface area (Å²) < 4.78 is 24.4. The van der Waals surface area contributed by atoms with Gasteiger partial charge in [-0.05, 0) is 42.0 Å². The molecule has 0 aliphatic carbocycles. The van der Waals surface area contributed by atoms with Crippen LogP contribution in [0.1, 0.15) is 15.9 Å². The van der Waals surface area contributed by atoms with Crippen LogP contribution in [0.2, 0.25) is 0 Å². The number of fused-ring (bicyclic) bond motifs is 2. The summed E-state index contributed by atoms with van der Waals surface area (Å²) in [4.78, 5) is 13.4. The number of thioether (sulfide) groups is 1. The van der Waals surface area contributed by atoms with E-state index in [1.807, 2.05) is 24.3 Å². The highest BCUT2D eigenvalue weighted by molar-refractivity contribution is 7.99. The van der Waals surface area contributed by atoms with Gasteiger partial charge in [0.2, 0.25) is 0 Å². The van der Waals surface area contributed by atoms with Crippen LogP contribution in [0.25, 0.3) is 6.08 Å². The SMILES string of the molecule is O=C1/C(=C\c2ccc3c(c2)OCCO3)CSc2ccc(F)cc21. The fraction of sp³-hybridized carbons (Fsp3) is 0.167. The highest BCUT2D eigenvalue weighted by Gasteiger charge is 2.23. The second-order valence-corrected chi connectivity index (χ2v) is 6.35. The third-order valence-corrected chi connectivity index (χ3v) is 4.89. The molecule has 0 spiro atoms. The highest BCUT2D eigenvalue weighted by Crippen LogP contribution is 2.35. The van der Waals surface area contributed by atoms with Crippen molar-refractivity contribution in [3.05, 3.63) is 58.9 Å². The number of Topliss-reactive ketones (excluding diaryl/α,β-unsaturated/α-hetero) is 1. The number of carbonyl (C=O) groups excluding carboxylic acids is 1. The summed E-state index contributed by atoms with van der Waals surface area (Å²) >= 11 is 1.55. The molecule has 0 saturated heterocycles. The van der Waals surface area contributed by atoms with E-state index in [1.165, 1.54) is 12.1 Å². The van der Waals surface area contributed by atoms with Gasteiger partial charge in [0.15, 0.2) is 17.3 Å². The average Bonchev–Trinajstić information content (AvgIpc) is 2.58. The van der Waals surface area contributed by atoms with E-state index in [-0.39, 0.29) is 5.78 Å². The Kier molecular flexibility index (Phi) is 3.58. The Hall–Kier alpha value is -2.27. The quantitative estimate of drug-likeness (QED) is 0.742. The van der Waals surface area contributed by atoms with Crippen molar-refractivity contribution < 1.29 is 18.7 Å². The molecule has 3 nitrogen and oxygen atoms in total. The van der Waals surface area contributed by atoms with Crippen LogP contribution in [0.15, 0.2) is 46.9 Å². The second-order valence-electron chi connectivity index (χ2n) is 5.33. The predicted molar refractivity (Wildman–Crippen MR) is 86.9 cm³/mol. The fourth-order valence-corrected chi connectivity index (χ4v) is 3.65. The predicted octanol–water partition coefficient (Wildman–Crippen LogP) is 3.97. The maximum absolute atomic E-state index is 13.4. The molecule has 5 heteroatoms. The van der Waals surface area contributed by atoms with Gasteiger partial charge in [0.1, 0.15) is 19.0 Å². The Morgan fingerprint density at radius 1 is 1.04 bits per heavy atom. The van der Waals surface area contributed by atoms with Crippen LogP contribution >= 0.6 is 11.8 Å². The third kappa shape index (κ3) is 2.72. The smallest absolute Gasteiger partial charge is 0.191 e. The van der Waals surface area contributed by atoms with Crippen LogP contribution in [0.3, 0.4) is 0 Å². The molecule has 2 aliphatic heterocycles. The second kappa shape index (κ2) is 5.74. The van der Waals surface area contributed by atoms with Gasteiger partial charge in [0, 0.05) is 21.8 Å². The van der Waals surface area contributed by atoms with E-state index in [0.717, 1.165) is 16.2 Å². The van der Waals surface area contributed by atoms with E-state index in [9.17, 15) is 9.18 Å². The van der Waals surface area contributed by atoms with Gasteiger partial charge in [-0.2, -0.15) is 0 Å². The first-order chi connectivity index (χ1) is 11.2. The van der Waals surface area contributed by atoms with Crippen LogP contribution in [0.4, 0.5) is 4.39 Å². The minimum atomic E-state index is -0.390. The molecule has 0 bridgehead atoms. The summed E-state index contributed by atoms with van der Waals surface area (Å²) in [6.07, 6.45) is 1.83. The monoisotopic (exact) mass is 328 g/mol. The molecule has 0 radical (unpaired) electrons. The van der Waals surface area contributed by atoms with Crippen LogP contribution in [-0.2, 0) is 0 Å². The Labute approximate surface area is 137 Å². The molecular weight excluding hydrogens is 315 g/mol. The molecule has 0 aromatic heterocycles. The number of benzene rings is 2.